The van der Waals surface area contributed by atoms with Crippen LogP contribution < -0.4 is 5.32 Å². The van der Waals surface area contributed by atoms with Crippen molar-refractivity contribution in [3.63, 3.8) is 0 Å². The van der Waals surface area contributed by atoms with Crippen LogP contribution in [-0.2, 0) is 4.79 Å². The molecular formula is C6H8N2O2. The first-order chi connectivity index (χ1) is 4.74. The van der Waals surface area contributed by atoms with E-state index in [2.05, 4.69) is 5.32 Å². The molecule has 2 N–H and O–H groups in total. The number of hydrogen-bond donors (Lipinski definition) is 2. The zero-order chi connectivity index (χ0) is 7.56. The van der Waals surface area contributed by atoms with Crippen molar-refractivity contribution in [2.75, 3.05) is 6.54 Å². The minimum Gasteiger partial charge on any atom is -0.480 e. The second-order valence-corrected chi connectivity index (χ2v) is 2.36. The Morgan fingerprint density at radius 2 is 2.50 bits per heavy atom. The first kappa shape index (κ1) is 7.03. The van der Waals surface area contributed by atoms with Crippen molar-refractivity contribution in [2.45, 2.75) is 12.5 Å². The highest BCUT2D eigenvalue weighted by molar-refractivity contribution is 5.73. The van der Waals surface area contributed by atoms with E-state index >= 15 is 0 Å². The number of carboxylic acid groups (broad SMARTS) is 1. The summed E-state index contributed by atoms with van der Waals surface area (Å²) in [5.41, 5.74) is 0. The van der Waals surface area contributed by atoms with Gasteiger partial charge in [-0.1, -0.05) is 0 Å². The van der Waals surface area contributed by atoms with Gasteiger partial charge in [-0.2, -0.15) is 5.26 Å². The molecule has 0 amide bonds. The van der Waals surface area contributed by atoms with Gasteiger partial charge in [-0.15, -0.1) is 0 Å². The van der Waals surface area contributed by atoms with E-state index in [1.54, 1.807) is 0 Å². The van der Waals surface area contributed by atoms with E-state index < -0.39 is 12.0 Å². The molecule has 0 aliphatic carbocycles. The molecule has 0 saturated carbocycles. The van der Waals surface area contributed by atoms with Crippen LogP contribution in [0.4, 0.5) is 0 Å². The Hall–Kier alpha value is -1.08. The van der Waals surface area contributed by atoms with Gasteiger partial charge in [-0.25, -0.2) is 0 Å². The molecular weight excluding hydrogens is 132 g/mol. The van der Waals surface area contributed by atoms with Gasteiger partial charge in [0.2, 0.25) is 0 Å². The third-order valence-electron chi connectivity index (χ3n) is 1.61. The van der Waals surface area contributed by atoms with Gasteiger partial charge in [-0.05, 0) is 6.42 Å². The molecule has 1 rings (SSSR count). The maximum Gasteiger partial charge on any atom is 0.320 e. The van der Waals surface area contributed by atoms with Gasteiger partial charge in [0.15, 0.2) is 0 Å². The fourth-order valence-electron chi connectivity index (χ4n) is 1.02. The fraction of sp³-hybridized carbons (Fsp3) is 0.667. The highest BCUT2D eigenvalue weighted by Crippen LogP contribution is 2.12. The number of nitrogens with one attached hydrogen (secondary N) is 1. The predicted octanol–water partition coefficient (Wildman–Crippen LogP) is -0.427. The summed E-state index contributed by atoms with van der Waals surface area (Å²) in [5, 5.41) is 19.6. The summed E-state index contributed by atoms with van der Waals surface area (Å²) < 4.78 is 0. The molecule has 0 spiro atoms. The summed E-state index contributed by atoms with van der Waals surface area (Å²) in [5.74, 6) is -0.987. The molecule has 4 nitrogen and oxygen atoms in total. The lowest BCUT2D eigenvalue weighted by molar-refractivity contribution is -0.139. The van der Waals surface area contributed by atoms with Crippen molar-refractivity contribution in [3.05, 3.63) is 0 Å². The maximum atomic E-state index is 10.3. The van der Waals surface area contributed by atoms with E-state index in [-0.39, 0.29) is 5.92 Å². The van der Waals surface area contributed by atoms with Gasteiger partial charge in [0.1, 0.15) is 6.04 Å². The molecule has 0 aromatic heterocycles. The summed E-state index contributed by atoms with van der Waals surface area (Å²) in [4.78, 5) is 10.3. The number of carbonyl (C=O) groups is 1. The topological polar surface area (TPSA) is 73.1 Å². The van der Waals surface area contributed by atoms with E-state index in [4.69, 9.17) is 10.4 Å². The molecule has 10 heavy (non-hydrogen) atoms. The molecule has 1 fully saturated rings. The first-order valence-electron chi connectivity index (χ1n) is 3.10. The average Bonchev–Trinajstić information content (AvgIpc) is 2.34. The molecule has 1 saturated heterocycles. The van der Waals surface area contributed by atoms with Crippen molar-refractivity contribution in [2.24, 2.45) is 5.92 Å². The molecule has 1 heterocycles. The van der Waals surface area contributed by atoms with Gasteiger partial charge in [0.05, 0.1) is 12.0 Å². The molecule has 0 aromatic carbocycles. The van der Waals surface area contributed by atoms with Gasteiger partial charge in [-0.3, -0.25) is 4.79 Å². The molecule has 2 unspecified atom stereocenters. The standard InChI is InChI=1S/C6H8N2O2/c7-2-4-1-5(6(9)10)8-3-4/h4-5,8H,1,3H2,(H,9,10). The minimum absolute atomic E-state index is 0.124. The molecule has 1 aliphatic rings. The van der Waals surface area contributed by atoms with Crippen LogP contribution in [0.5, 0.6) is 0 Å². The third kappa shape index (κ3) is 1.25. The van der Waals surface area contributed by atoms with Crippen molar-refractivity contribution < 1.29 is 9.90 Å². The largest absolute Gasteiger partial charge is 0.480 e. The number of nitriles is 1. The zero-order valence-electron chi connectivity index (χ0n) is 5.37. The zero-order valence-corrected chi connectivity index (χ0v) is 5.37. The maximum absolute atomic E-state index is 10.3. The Bertz CT molecular complexity index is 185. The van der Waals surface area contributed by atoms with Crippen LogP contribution >= 0.6 is 0 Å². The molecule has 0 bridgehead atoms. The minimum atomic E-state index is -0.863. The third-order valence-corrected chi connectivity index (χ3v) is 1.61. The van der Waals surface area contributed by atoms with Gasteiger partial charge in [0.25, 0.3) is 0 Å². The van der Waals surface area contributed by atoms with Crippen LogP contribution in [0.1, 0.15) is 6.42 Å². The van der Waals surface area contributed by atoms with Crippen LogP contribution in [0.25, 0.3) is 0 Å². The van der Waals surface area contributed by atoms with Crippen LogP contribution in [0, 0.1) is 17.2 Å². The van der Waals surface area contributed by atoms with E-state index in [1.807, 2.05) is 6.07 Å². The van der Waals surface area contributed by atoms with Crippen molar-refractivity contribution in [1.82, 2.24) is 5.32 Å². The summed E-state index contributed by atoms with van der Waals surface area (Å²) in [7, 11) is 0. The summed E-state index contributed by atoms with van der Waals surface area (Å²) in [6.07, 6.45) is 0.436. The van der Waals surface area contributed by atoms with Gasteiger partial charge < -0.3 is 10.4 Å². The van der Waals surface area contributed by atoms with Crippen LogP contribution in [0.3, 0.4) is 0 Å². The van der Waals surface area contributed by atoms with Crippen LogP contribution in [0.15, 0.2) is 0 Å². The van der Waals surface area contributed by atoms with Gasteiger partial charge >= 0.3 is 5.97 Å². The first-order valence-corrected chi connectivity index (χ1v) is 3.10. The van der Waals surface area contributed by atoms with E-state index in [1.165, 1.54) is 0 Å². The number of rotatable bonds is 1. The monoisotopic (exact) mass is 140 g/mol. The summed E-state index contributed by atoms with van der Waals surface area (Å²) in [6.45, 7) is 0.507. The van der Waals surface area contributed by atoms with Crippen molar-refractivity contribution in [3.8, 4) is 6.07 Å². The van der Waals surface area contributed by atoms with E-state index in [0.29, 0.717) is 13.0 Å². The predicted molar refractivity (Wildman–Crippen MR) is 33.1 cm³/mol. The van der Waals surface area contributed by atoms with Gasteiger partial charge in [0, 0.05) is 6.54 Å². The molecule has 0 radical (unpaired) electrons. The second kappa shape index (κ2) is 2.67. The normalized spacial score (nSPS) is 31.5. The SMILES string of the molecule is N#CC1CNC(C(=O)O)C1. The Morgan fingerprint density at radius 1 is 1.80 bits per heavy atom. The van der Waals surface area contributed by atoms with E-state index in [9.17, 15) is 4.79 Å². The Labute approximate surface area is 58.5 Å². The number of hydrogen-bond acceptors (Lipinski definition) is 3. The Kier molecular flexibility index (Phi) is 1.88. The average molecular weight is 140 g/mol. The highest BCUT2D eigenvalue weighted by atomic mass is 16.4. The molecule has 4 heteroatoms. The molecule has 0 aromatic rings. The molecule has 1 aliphatic heterocycles. The fourth-order valence-corrected chi connectivity index (χ4v) is 1.02. The van der Waals surface area contributed by atoms with Crippen LogP contribution in [0.2, 0.25) is 0 Å². The lowest BCUT2D eigenvalue weighted by atomic mass is 10.1. The Balaban J connectivity index is 2.45. The Morgan fingerprint density at radius 3 is 2.80 bits per heavy atom. The van der Waals surface area contributed by atoms with Crippen LogP contribution in [-0.4, -0.2) is 23.7 Å². The summed E-state index contributed by atoms with van der Waals surface area (Å²) in [6, 6.07) is 1.51. The number of carboxylic acids is 1. The quantitative estimate of drug-likeness (QED) is 0.518. The summed E-state index contributed by atoms with van der Waals surface area (Å²) >= 11 is 0. The smallest absolute Gasteiger partial charge is 0.320 e. The number of nitrogens with zero attached hydrogens (tertiary/aromatic N) is 1. The second-order valence-electron chi connectivity index (χ2n) is 2.36. The lowest BCUT2D eigenvalue weighted by Gasteiger charge is -1.99. The number of aliphatic carboxylic acids is 1. The lowest BCUT2D eigenvalue weighted by Crippen LogP contribution is -2.29. The molecule has 2 atom stereocenters. The van der Waals surface area contributed by atoms with E-state index in [0.717, 1.165) is 0 Å². The highest BCUT2D eigenvalue weighted by Gasteiger charge is 2.28. The van der Waals surface area contributed by atoms with Crippen molar-refractivity contribution >= 4 is 5.97 Å². The van der Waals surface area contributed by atoms with Crippen molar-refractivity contribution in [1.29, 1.82) is 5.26 Å². The molecule has 54 valence electrons.